The Balaban J connectivity index is 3.05. The number of benzene rings is 1. The largest absolute Gasteiger partial charge is 0.398 e. The topological polar surface area (TPSA) is 75.4 Å². The van der Waals surface area contributed by atoms with Crippen LogP contribution in [-0.4, -0.2) is 31.8 Å². The monoisotopic (exact) mass is 263 g/mol. The highest BCUT2D eigenvalue weighted by molar-refractivity contribution is 6.00. The van der Waals surface area contributed by atoms with Crippen LogP contribution in [0.1, 0.15) is 30.6 Å². The van der Waals surface area contributed by atoms with E-state index in [1.54, 1.807) is 19.2 Å². The number of ketones is 1. The van der Waals surface area contributed by atoms with Crippen molar-refractivity contribution >= 4 is 23.1 Å². The van der Waals surface area contributed by atoms with E-state index < -0.39 is 0 Å². The highest BCUT2D eigenvalue weighted by Crippen LogP contribution is 2.22. The highest BCUT2D eigenvalue weighted by atomic mass is 16.2. The van der Waals surface area contributed by atoms with Crippen molar-refractivity contribution in [2.45, 2.75) is 20.3 Å². The number of hydrogen-bond acceptors (Lipinski definition) is 4. The number of carbonyl (C=O) groups excluding carboxylic acids is 2. The molecule has 5 nitrogen and oxygen atoms in total. The van der Waals surface area contributed by atoms with E-state index in [0.717, 1.165) is 18.7 Å². The third-order valence-electron chi connectivity index (χ3n) is 2.89. The predicted molar refractivity (Wildman–Crippen MR) is 77.4 cm³/mol. The molecule has 3 N–H and O–H groups in total. The van der Waals surface area contributed by atoms with Gasteiger partial charge in [-0.2, -0.15) is 0 Å². The number of rotatable bonds is 6. The number of nitrogens with one attached hydrogen (secondary N) is 1. The Labute approximate surface area is 113 Å². The Morgan fingerprint density at radius 2 is 2.05 bits per heavy atom. The molecule has 0 aliphatic rings. The average Bonchev–Trinajstić information content (AvgIpc) is 2.38. The van der Waals surface area contributed by atoms with Crippen molar-refractivity contribution in [2.24, 2.45) is 0 Å². The lowest BCUT2D eigenvalue weighted by Crippen LogP contribution is -2.36. The van der Waals surface area contributed by atoms with Crippen molar-refractivity contribution in [1.29, 1.82) is 0 Å². The number of anilines is 2. The van der Waals surface area contributed by atoms with Gasteiger partial charge in [0.25, 0.3) is 0 Å². The SMILES string of the molecule is CCCN(CC(=O)NC)c1ccc(N)c(C(C)=O)c1. The fourth-order valence-electron chi connectivity index (χ4n) is 1.87. The molecule has 0 bridgehead atoms. The minimum Gasteiger partial charge on any atom is -0.398 e. The van der Waals surface area contributed by atoms with E-state index in [9.17, 15) is 9.59 Å². The van der Waals surface area contributed by atoms with Gasteiger partial charge in [0.15, 0.2) is 5.78 Å². The van der Waals surface area contributed by atoms with E-state index in [-0.39, 0.29) is 18.2 Å². The number of nitrogens with zero attached hydrogens (tertiary/aromatic N) is 1. The van der Waals surface area contributed by atoms with Gasteiger partial charge in [-0.1, -0.05) is 6.92 Å². The maximum Gasteiger partial charge on any atom is 0.239 e. The summed E-state index contributed by atoms with van der Waals surface area (Å²) in [7, 11) is 1.61. The van der Waals surface area contributed by atoms with E-state index in [2.05, 4.69) is 5.32 Å². The molecule has 0 aromatic heterocycles. The van der Waals surface area contributed by atoms with Gasteiger partial charge in [0.1, 0.15) is 0 Å². The molecule has 0 aliphatic carbocycles. The van der Waals surface area contributed by atoms with Crippen LogP contribution < -0.4 is 16.0 Å². The molecule has 104 valence electrons. The van der Waals surface area contributed by atoms with E-state index >= 15 is 0 Å². The minimum absolute atomic E-state index is 0.0605. The average molecular weight is 263 g/mol. The van der Waals surface area contributed by atoms with Crippen LogP contribution in [0.3, 0.4) is 0 Å². The first-order chi connectivity index (χ1) is 8.99. The van der Waals surface area contributed by atoms with Crippen molar-refractivity contribution in [2.75, 3.05) is 30.8 Å². The zero-order valence-electron chi connectivity index (χ0n) is 11.7. The third kappa shape index (κ3) is 3.98. The summed E-state index contributed by atoms with van der Waals surface area (Å²) in [6.07, 6.45) is 0.913. The number of carbonyl (C=O) groups is 2. The molecule has 19 heavy (non-hydrogen) atoms. The zero-order chi connectivity index (χ0) is 14.4. The molecule has 1 aromatic carbocycles. The smallest absolute Gasteiger partial charge is 0.239 e. The molecule has 0 aliphatic heterocycles. The maximum atomic E-state index is 11.5. The summed E-state index contributed by atoms with van der Waals surface area (Å²) in [4.78, 5) is 24.9. The molecular weight excluding hydrogens is 242 g/mol. The van der Waals surface area contributed by atoms with Crippen LogP contribution in [0.5, 0.6) is 0 Å². The molecular formula is C14H21N3O2. The van der Waals surface area contributed by atoms with Crippen molar-refractivity contribution < 1.29 is 9.59 Å². The quantitative estimate of drug-likeness (QED) is 0.601. The number of hydrogen-bond donors (Lipinski definition) is 2. The van der Waals surface area contributed by atoms with Gasteiger partial charge < -0.3 is 16.0 Å². The maximum absolute atomic E-state index is 11.5. The lowest BCUT2D eigenvalue weighted by Gasteiger charge is -2.24. The number of nitrogens with two attached hydrogens (primary N) is 1. The van der Waals surface area contributed by atoms with Gasteiger partial charge in [-0.3, -0.25) is 9.59 Å². The fraction of sp³-hybridized carbons (Fsp3) is 0.429. The summed E-state index contributed by atoms with van der Waals surface area (Å²) >= 11 is 0. The first kappa shape index (κ1) is 15.0. The summed E-state index contributed by atoms with van der Waals surface area (Å²) < 4.78 is 0. The lowest BCUT2D eigenvalue weighted by atomic mass is 10.1. The predicted octanol–water partition coefficient (Wildman–Crippen LogP) is 1.43. The van der Waals surface area contributed by atoms with Crippen LogP contribution in [-0.2, 0) is 4.79 Å². The first-order valence-corrected chi connectivity index (χ1v) is 6.35. The Bertz CT molecular complexity index is 472. The molecule has 1 rings (SSSR count). The molecule has 1 amide bonds. The molecule has 0 saturated carbocycles. The molecule has 0 radical (unpaired) electrons. The van der Waals surface area contributed by atoms with E-state index in [0.29, 0.717) is 11.3 Å². The number of Topliss-reactive ketones (excluding diaryl/α,β-unsaturated/α-hetero) is 1. The molecule has 5 heteroatoms. The molecule has 0 atom stereocenters. The summed E-state index contributed by atoms with van der Waals surface area (Å²) in [5.41, 5.74) is 7.57. The van der Waals surface area contributed by atoms with Gasteiger partial charge in [0.05, 0.1) is 6.54 Å². The van der Waals surface area contributed by atoms with Crippen LogP contribution in [0.15, 0.2) is 18.2 Å². The highest BCUT2D eigenvalue weighted by Gasteiger charge is 2.13. The van der Waals surface area contributed by atoms with Crippen molar-refractivity contribution in [3.63, 3.8) is 0 Å². The van der Waals surface area contributed by atoms with Gasteiger partial charge in [0, 0.05) is 30.5 Å². The standard InChI is InChI=1S/C14H21N3O2/c1-4-7-17(9-14(19)16-3)11-5-6-13(15)12(8-11)10(2)18/h5-6,8H,4,7,9,15H2,1-3H3,(H,16,19). The third-order valence-corrected chi connectivity index (χ3v) is 2.89. The summed E-state index contributed by atoms with van der Waals surface area (Å²) in [5.74, 6) is -0.134. The second-order valence-corrected chi connectivity index (χ2v) is 4.42. The van der Waals surface area contributed by atoms with Crippen molar-refractivity contribution in [1.82, 2.24) is 5.32 Å². The van der Waals surface area contributed by atoms with Crippen LogP contribution in [0.25, 0.3) is 0 Å². The van der Waals surface area contributed by atoms with E-state index in [1.807, 2.05) is 17.9 Å². The molecule has 0 heterocycles. The molecule has 0 fully saturated rings. The van der Waals surface area contributed by atoms with E-state index in [1.165, 1.54) is 6.92 Å². The number of nitrogen functional groups attached to an aromatic ring is 1. The Hall–Kier alpha value is -2.04. The lowest BCUT2D eigenvalue weighted by molar-refractivity contribution is -0.119. The first-order valence-electron chi connectivity index (χ1n) is 6.35. The van der Waals surface area contributed by atoms with Gasteiger partial charge in [0.2, 0.25) is 5.91 Å². The minimum atomic E-state index is -0.0734. The van der Waals surface area contributed by atoms with Gasteiger partial charge in [-0.05, 0) is 31.5 Å². The van der Waals surface area contributed by atoms with E-state index in [4.69, 9.17) is 5.73 Å². The number of amides is 1. The van der Waals surface area contributed by atoms with Crippen LogP contribution >= 0.6 is 0 Å². The molecule has 1 aromatic rings. The van der Waals surface area contributed by atoms with Gasteiger partial charge in [-0.15, -0.1) is 0 Å². The van der Waals surface area contributed by atoms with Crippen LogP contribution in [0.2, 0.25) is 0 Å². The normalized spacial score (nSPS) is 10.1. The van der Waals surface area contributed by atoms with Crippen molar-refractivity contribution in [3.8, 4) is 0 Å². The zero-order valence-corrected chi connectivity index (χ0v) is 11.7. The van der Waals surface area contributed by atoms with Crippen LogP contribution in [0.4, 0.5) is 11.4 Å². The summed E-state index contributed by atoms with van der Waals surface area (Å²) in [6, 6.07) is 5.29. The summed E-state index contributed by atoms with van der Waals surface area (Å²) in [5, 5.41) is 2.60. The Morgan fingerprint density at radius 1 is 1.37 bits per heavy atom. The van der Waals surface area contributed by atoms with Crippen LogP contribution in [0, 0.1) is 0 Å². The Kier molecular flexibility index (Phi) is 5.36. The van der Waals surface area contributed by atoms with Gasteiger partial charge in [-0.25, -0.2) is 0 Å². The second-order valence-electron chi connectivity index (χ2n) is 4.42. The van der Waals surface area contributed by atoms with Gasteiger partial charge >= 0.3 is 0 Å². The number of likely N-dealkylation sites (N-methyl/N-ethyl adjacent to an activating group) is 1. The fourth-order valence-corrected chi connectivity index (χ4v) is 1.87. The Morgan fingerprint density at radius 3 is 2.58 bits per heavy atom. The second kappa shape index (κ2) is 6.78. The molecule has 0 spiro atoms. The summed E-state index contributed by atoms with van der Waals surface area (Å²) in [6.45, 7) is 4.54. The molecule has 0 saturated heterocycles. The van der Waals surface area contributed by atoms with Crippen molar-refractivity contribution in [3.05, 3.63) is 23.8 Å². The molecule has 0 unspecified atom stereocenters.